The molecule has 0 bridgehead atoms. The number of hydrogen-bond acceptors (Lipinski definition) is 12. The highest BCUT2D eigenvalue weighted by atomic mass is 32.2. The molecule has 3 aliphatic carbocycles. The van der Waals surface area contributed by atoms with Crippen molar-refractivity contribution in [2.24, 2.45) is 22.7 Å². The number of fused-ring (bicyclic) bond motifs is 4. The summed E-state index contributed by atoms with van der Waals surface area (Å²) in [5.74, 6) is -0.509. The van der Waals surface area contributed by atoms with E-state index in [2.05, 4.69) is 83.9 Å². The van der Waals surface area contributed by atoms with Gasteiger partial charge in [0.1, 0.15) is 12.1 Å². The van der Waals surface area contributed by atoms with Crippen LogP contribution in [0.2, 0.25) is 0 Å². The van der Waals surface area contributed by atoms with Gasteiger partial charge in [-0.25, -0.2) is 0 Å². The smallest absolute Gasteiger partial charge is 0.246 e. The number of carbonyl (C=O) groups excluding carboxylic acids is 6. The molecule has 0 aromatic heterocycles. The van der Waals surface area contributed by atoms with Gasteiger partial charge in [-0.3, -0.25) is 28.8 Å². The van der Waals surface area contributed by atoms with Crippen molar-refractivity contribution in [3.05, 3.63) is 70.8 Å². The van der Waals surface area contributed by atoms with Crippen LogP contribution in [-0.4, -0.2) is 132 Å². The van der Waals surface area contributed by atoms with E-state index in [1.54, 1.807) is 56.4 Å². The first kappa shape index (κ1) is 56.2. The van der Waals surface area contributed by atoms with Crippen LogP contribution in [0.1, 0.15) is 140 Å². The molecule has 0 radical (unpaired) electrons. The number of Topliss-reactive ketones (excluding diaryl/α,β-unsaturated/α-hetero) is 1. The number of ketones is 1. The maximum Gasteiger partial charge on any atom is 0.246 e. The highest BCUT2D eigenvalue weighted by Gasteiger charge is 2.58. The Bertz CT molecular complexity index is 2190. The van der Waals surface area contributed by atoms with E-state index in [1.165, 1.54) is 5.56 Å². The fourth-order valence-electron chi connectivity index (χ4n) is 12.7. The molecule has 2 unspecified atom stereocenters. The predicted molar refractivity (Wildman–Crippen MR) is 291 cm³/mol. The monoisotopic (exact) mass is 1060 g/mol. The number of rotatable bonds is 21. The minimum atomic E-state index is -0.692. The number of hydrogen-bond donors (Lipinski definition) is 6. The van der Waals surface area contributed by atoms with Crippen LogP contribution in [0, 0.1) is 22.7 Å². The van der Waals surface area contributed by atoms with Gasteiger partial charge in [-0.05, 0) is 111 Å². The largest absolute Gasteiger partial charge is 0.375 e. The lowest BCUT2D eigenvalue weighted by Crippen LogP contribution is -2.58. The van der Waals surface area contributed by atoms with E-state index in [9.17, 15) is 28.8 Å². The second kappa shape index (κ2) is 24.6. The van der Waals surface area contributed by atoms with E-state index in [-0.39, 0.29) is 70.2 Å². The summed E-state index contributed by atoms with van der Waals surface area (Å²) in [6.07, 6.45) is 9.44. The van der Waals surface area contributed by atoms with Crippen molar-refractivity contribution in [2.75, 3.05) is 38.8 Å². The Labute approximate surface area is 447 Å². The molecule has 8 rings (SSSR count). The minimum Gasteiger partial charge on any atom is -0.375 e. The van der Waals surface area contributed by atoms with Crippen LogP contribution in [0.4, 0.5) is 0 Å². The third-order valence-corrected chi connectivity index (χ3v) is 19.6. The van der Waals surface area contributed by atoms with Gasteiger partial charge in [0, 0.05) is 37.2 Å². The van der Waals surface area contributed by atoms with Crippen LogP contribution < -0.4 is 31.9 Å². The molecule has 13 atom stereocenters. The van der Waals surface area contributed by atoms with Crippen LogP contribution in [0.15, 0.2) is 48.5 Å². The number of carbonyl (C=O) groups is 6. The summed E-state index contributed by atoms with van der Waals surface area (Å²) in [7, 11) is 3.44. The lowest BCUT2D eigenvalue weighted by molar-refractivity contribution is -0.144. The number of thioether (sulfide) groups is 2. The van der Waals surface area contributed by atoms with E-state index in [0.717, 1.165) is 67.4 Å². The Morgan fingerprint density at radius 3 is 1.72 bits per heavy atom. The Balaban J connectivity index is 0.796. The molecule has 2 aromatic carbocycles. The standard InChI is InChI=1S/C57H83N7O8S2/c1-33(58-7)51(66)60-39-23-27-73-43-31-56(3,4)46(45(43)49(39)65)53(68)62-47-37-21-15-13-19-35(37)29-41(47)71-25-17-11-9-10-12-18-26-72-42-30-36-20-14-16-22-38(36)48(42)63-54(69)50-57(5,6)32-44-64(50)55(70)40(24-28-74-44)61-52(67)34(2)59-8/h13-16,19-22,33-34,39-48,50,58-59H,9-12,17-18,23-32H2,1-8H3,(H,60,66)(H,61,67)(H,62,68)(H,63,69)/t33-,34-,39-,40-,41+,42+,43-,44-,45?,46+,47-,48-,50?/m0/s1. The molecule has 406 valence electrons. The Kier molecular flexibility index (Phi) is 18.6. The maximum absolute atomic E-state index is 14.6. The number of benzene rings is 2. The molecule has 6 N–H and O–H groups in total. The molecule has 3 saturated heterocycles. The molecule has 6 aliphatic rings. The molecular weight excluding hydrogens is 975 g/mol. The first-order valence-corrected chi connectivity index (χ1v) is 29.6. The van der Waals surface area contributed by atoms with E-state index in [0.29, 0.717) is 51.1 Å². The van der Waals surface area contributed by atoms with Crippen molar-refractivity contribution >= 4 is 58.8 Å². The lowest BCUT2D eigenvalue weighted by atomic mass is 9.75. The molecule has 4 fully saturated rings. The lowest BCUT2D eigenvalue weighted by Gasteiger charge is -2.35. The van der Waals surface area contributed by atoms with Crippen LogP contribution in [0.3, 0.4) is 0 Å². The summed E-state index contributed by atoms with van der Waals surface area (Å²) in [6, 6.07) is 12.9. The van der Waals surface area contributed by atoms with Crippen molar-refractivity contribution < 1.29 is 38.2 Å². The summed E-state index contributed by atoms with van der Waals surface area (Å²) in [5.41, 5.74) is 3.57. The molecule has 1 saturated carbocycles. The van der Waals surface area contributed by atoms with Crippen LogP contribution in [-0.2, 0) is 51.1 Å². The van der Waals surface area contributed by atoms with Gasteiger partial charge in [-0.2, -0.15) is 11.8 Å². The highest BCUT2D eigenvalue weighted by Crippen LogP contribution is 2.54. The molecule has 5 amide bonds. The molecule has 2 aromatic rings. The van der Waals surface area contributed by atoms with Crippen LogP contribution in [0.5, 0.6) is 0 Å². The number of likely N-dealkylation sites (N-methyl/N-ethyl adjacent to an activating group) is 2. The Morgan fingerprint density at radius 2 is 1.15 bits per heavy atom. The van der Waals surface area contributed by atoms with Crippen molar-refractivity contribution in [2.45, 2.75) is 184 Å². The summed E-state index contributed by atoms with van der Waals surface area (Å²) in [5, 5.41) is 18.5. The summed E-state index contributed by atoms with van der Waals surface area (Å²) in [6.45, 7) is 13.0. The average Bonchev–Trinajstić information content (AvgIpc) is 4.02. The number of ether oxygens (including phenoxy) is 2. The van der Waals surface area contributed by atoms with E-state index < -0.39 is 52.9 Å². The molecule has 15 nitrogen and oxygen atoms in total. The highest BCUT2D eigenvalue weighted by molar-refractivity contribution is 8.00. The average molecular weight is 1060 g/mol. The van der Waals surface area contributed by atoms with Crippen molar-refractivity contribution in [1.82, 2.24) is 36.8 Å². The predicted octanol–water partition coefficient (Wildman–Crippen LogP) is 5.94. The van der Waals surface area contributed by atoms with Crippen molar-refractivity contribution in [3.63, 3.8) is 0 Å². The fraction of sp³-hybridized carbons (Fsp3) is 0.684. The molecule has 74 heavy (non-hydrogen) atoms. The van der Waals surface area contributed by atoms with Gasteiger partial charge in [0.15, 0.2) is 5.78 Å². The number of amides is 5. The molecule has 17 heteroatoms. The summed E-state index contributed by atoms with van der Waals surface area (Å²) >= 11 is 3.46. The normalized spacial score (nSPS) is 30.5. The van der Waals surface area contributed by atoms with E-state index in [4.69, 9.17) is 9.47 Å². The van der Waals surface area contributed by atoms with Gasteiger partial charge < -0.3 is 46.3 Å². The van der Waals surface area contributed by atoms with Gasteiger partial charge >= 0.3 is 0 Å². The zero-order chi connectivity index (χ0) is 52.9. The number of nitrogens with one attached hydrogen (secondary N) is 6. The van der Waals surface area contributed by atoms with E-state index >= 15 is 0 Å². The van der Waals surface area contributed by atoms with Gasteiger partial charge in [-0.15, -0.1) is 11.8 Å². The topological polar surface area (TPSA) is 196 Å². The van der Waals surface area contributed by atoms with Crippen molar-refractivity contribution in [1.29, 1.82) is 0 Å². The molecular formula is C57H83N7O8S2. The van der Waals surface area contributed by atoms with E-state index in [1.807, 2.05) is 24.3 Å². The SMILES string of the molecule is CN[C@@H](C)C(=O)N[C@H]1CCS[C@H]2CC(C)(C)[C@@H](C(=O)N[C@H]3c4ccccc4C[C@H]3OCCCCCCCCO[C@@H]3Cc4ccccc4[C@@H]3NC(=O)C3N4C(=O)[C@@H](NC(=O)[C@H](C)NC)CCS[C@H]4CC3(C)C)C2C1=O. The minimum absolute atomic E-state index is 0.0206. The van der Waals surface area contributed by atoms with Gasteiger partial charge in [-0.1, -0.05) is 102 Å². The first-order valence-electron chi connectivity index (χ1n) is 27.5. The second-order valence-corrected chi connectivity index (χ2v) is 25.7. The Hall–Kier alpha value is -4.00. The fourth-order valence-corrected chi connectivity index (χ4v) is 16.0. The van der Waals surface area contributed by atoms with Gasteiger partial charge in [0.2, 0.25) is 29.5 Å². The summed E-state index contributed by atoms with van der Waals surface area (Å²) < 4.78 is 13.2. The maximum atomic E-state index is 14.6. The molecule has 3 heterocycles. The summed E-state index contributed by atoms with van der Waals surface area (Å²) in [4.78, 5) is 85.1. The number of unbranched alkanes of at least 4 members (excludes halogenated alkanes) is 5. The Morgan fingerprint density at radius 1 is 0.649 bits per heavy atom. The molecule has 3 aliphatic heterocycles. The van der Waals surface area contributed by atoms with Gasteiger partial charge in [0.25, 0.3) is 0 Å². The first-order chi connectivity index (χ1) is 35.4. The quantitative estimate of drug-likeness (QED) is 0.0808. The number of nitrogens with zero attached hydrogens (tertiary/aromatic N) is 1. The third kappa shape index (κ3) is 12.4. The van der Waals surface area contributed by atoms with Gasteiger partial charge in [0.05, 0.1) is 53.7 Å². The zero-order valence-corrected chi connectivity index (χ0v) is 46.6. The zero-order valence-electron chi connectivity index (χ0n) is 45.0. The van der Waals surface area contributed by atoms with Crippen LogP contribution >= 0.6 is 23.5 Å². The van der Waals surface area contributed by atoms with Crippen LogP contribution in [0.25, 0.3) is 0 Å². The third-order valence-electron chi connectivity index (χ3n) is 17.0. The van der Waals surface area contributed by atoms with Crippen molar-refractivity contribution in [3.8, 4) is 0 Å². The molecule has 0 spiro atoms. The second-order valence-electron chi connectivity index (χ2n) is 23.1.